The van der Waals surface area contributed by atoms with Gasteiger partial charge in [-0.05, 0) is 25.8 Å². The van der Waals surface area contributed by atoms with Crippen molar-refractivity contribution in [2.45, 2.75) is 26.7 Å². The molecule has 1 aliphatic heterocycles. The van der Waals surface area contributed by atoms with Crippen LogP contribution in [0.5, 0.6) is 11.5 Å². The van der Waals surface area contributed by atoms with Crippen LogP contribution in [0, 0.1) is 13.8 Å². The minimum absolute atomic E-state index is 0. The highest BCUT2D eigenvalue weighted by Crippen LogP contribution is 2.38. The summed E-state index contributed by atoms with van der Waals surface area (Å²) in [6.45, 7) is 4.13. The summed E-state index contributed by atoms with van der Waals surface area (Å²) in [5, 5.41) is 7.19. The third-order valence-electron chi connectivity index (χ3n) is 4.08. The van der Waals surface area contributed by atoms with E-state index in [2.05, 4.69) is 10.4 Å². The van der Waals surface area contributed by atoms with Crippen molar-refractivity contribution in [3.05, 3.63) is 29.1 Å². The van der Waals surface area contributed by atoms with Gasteiger partial charge in [0, 0.05) is 31.3 Å². The van der Waals surface area contributed by atoms with E-state index >= 15 is 0 Å². The standard InChI is InChI=1S/C16H20N4O3.2ClH/c1-9-11(10(2)20(3)19-9)4-5-16(21)18-13-7-15-14(6-12(13)17)22-8-23-15;;/h6-7H,4-5,8,17H2,1-3H3,(H,18,21);2*1H. The number of rotatable bonds is 4. The van der Waals surface area contributed by atoms with E-state index in [0.29, 0.717) is 35.7 Å². The van der Waals surface area contributed by atoms with E-state index in [9.17, 15) is 4.79 Å². The van der Waals surface area contributed by atoms with Crippen molar-refractivity contribution < 1.29 is 14.3 Å². The molecule has 0 saturated heterocycles. The van der Waals surface area contributed by atoms with E-state index in [1.54, 1.807) is 12.1 Å². The number of fused-ring (bicyclic) bond motifs is 1. The second kappa shape index (κ2) is 8.31. The van der Waals surface area contributed by atoms with Crippen LogP contribution in [0.4, 0.5) is 11.4 Å². The molecule has 0 atom stereocenters. The molecule has 9 heteroatoms. The molecule has 0 saturated carbocycles. The minimum atomic E-state index is -0.0989. The number of aryl methyl sites for hydroxylation is 2. The summed E-state index contributed by atoms with van der Waals surface area (Å²) in [4.78, 5) is 12.2. The minimum Gasteiger partial charge on any atom is -0.454 e. The maximum absolute atomic E-state index is 12.2. The molecule has 0 bridgehead atoms. The second-order valence-electron chi connectivity index (χ2n) is 5.61. The molecule has 0 unspecified atom stereocenters. The lowest BCUT2D eigenvalue weighted by Crippen LogP contribution is -2.14. The van der Waals surface area contributed by atoms with Crippen molar-refractivity contribution in [1.82, 2.24) is 9.78 Å². The van der Waals surface area contributed by atoms with Gasteiger partial charge in [-0.15, -0.1) is 24.8 Å². The fraction of sp³-hybridized carbons (Fsp3) is 0.375. The van der Waals surface area contributed by atoms with E-state index in [1.807, 2.05) is 25.6 Å². The largest absolute Gasteiger partial charge is 0.454 e. The summed E-state index contributed by atoms with van der Waals surface area (Å²) in [5.41, 5.74) is 10.1. The summed E-state index contributed by atoms with van der Waals surface area (Å²) >= 11 is 0. The van der Waals surface area contributed by atoms with Crippen LogP contribution in [0.15, 0.2) is 12.1 Å². The summed E-state index contributed by atoms with van der Waals surface area (Å²) in [6.07, 6.45) is 1.00. The van der Waals surface area contributed by atoms with Crippen molar-refractivity contribution in [3.63, 3.8) is 0 Å². The number of nitrogens with one attached hydrogen (secondary N) is 1. The van der Waals surface area contributed by atoms with E-state index in [4.69, 9.17) is 15.2 Å². The molecule has 1 aliphatic rings. The first kappa shape index (κ1) is 20.9. The molecule has 3 N–H and O–H groups in total. The van der Waals surface area contributed by atoms with Gasteiger partial charge in [0.1, 0.15) is 0 Å². The molecule has 1 aromatic heterocycles. The number of nitrogens with zero attached hydrogens (tertiary/aromatic N) is 2. The van der Waals surface area contributed by atoms with Gasteiger partial charge in [0.15, 0.2) is 11.5 Å². The predicted octanol–water partition coefficient (Wildman–Crippen LogP) is 2.76. The fourth-order valence-corrected chi connectivity index (χ4v) is 2.70. The lowest BCUT2D eigenvalue weighted by atomic mass is 10.1. The van der Waals surface area contributed by atoms with Gasteiger partial charge in [-0.3, -0.25) is 9.48 Å². The van der Waals surface area contributed by atoms with Crippen molar-refractivity contribution in [2.75, 3.05) is 17.8 Å². The summed E-state index contributed by atoms with van der Waals surface area (Å²) in [6, 6.07) is 3.35. The van der Waals surface area contributed by atoms with Gasteiger partial charge in [0.2, 0.25) is 12.7 Å². The average molecular weight is 389 g/mol. The zero-order valence-electron chi connectivity index (χ0n) is 14.3. The second-order valence-corrected chi connectivity index (χ2v) is 5.61. The van der Waals surface area contributed by atoms with Crippen LogP contribution in [0.25, 0.3) is 0 Å². The number of halogens is 2. The summed E-state index contributed by atoms with van der Waals surface area (Å²) in [7, 11) is 1.90. The van der Waals surface area contributed by atoms with Crippen molar-refractivity contribution in [1.29, 1.82) is 0 Å². The summed E-state index contributed by atoms with van der Waals surface area (Å²) < 4.78 is 12.4. The fourth-order valence-electron chi connectivity index (χ4n) is 2.70. The first-order chi connectivity index (χ1) is 11.0. The highest BCUT2D eigenvalue weighted by Gasteiger charge is 2.17. The molecule has 138 valence electrons. The molecule has 0 aliphatic carbocycles. The zero-order chi connectivity index (χ0) is 16.6. The van der Waals surface area contributed by atoms with Crippen LogP contribution < -0.4 is 20.5 Å². The molecule has 0 radical (unpaired) electrons. The molecule has 0 spiro atoms. The number of nitrogen functional groups attached to an aromatic ring is 1. The third-order valence-corrected chi connectivity index (χ3v) is 4.08. The molecular formula is C16H22Cl2N4O3. The van der Waals surface area contributed by atoms with Crippen molar-refractivity contribution in [2.24, 2.45) is 7.05 Å². The average Bonchev–Trinajstić information content (AvgIpc) is 3.03. The first-order valence-electron chi connectivity index (χ1n) is 7.43. The molecule has 1 aromatic carbocycles. The molecule has 7 nitrogen and oxygen atoms in total. The maximum atomic E-state index is 12.2. The van der Waals surface area contributed by atoms with Gasteiger partial charge in [0.25, 0.3) is 0 Å². The zero-order valence-corrected chi connectivity index (χ0v) is 15.9. The van der Waals surface area contributed by atoms with Crippen LogP contribution >= 0.6 is 24.8 Å². The Labute approximate surface area is 158 Å². The number of aromatic nitrogens is 2. The molecule has 1 amide bonds. The molecule has 0 fully saturated rings. The molecule has 2 heterocycles. The van der Waals surface area contributed by atoms with Crippen LogP contribution in [-0.4, -0.2) is 22.5 Å². The Morgan fingerprint density at radius 2 is 1.92 bits per heavy atom. The predicted molar refractivity (Wildman–Crippen MR) is 101 cm³/mol. The Kier molecular flexibility index (Phi) is 6.96. The number of carbonyl (C=O) groups excluding carboxylic acids is 1. The molecular weight excluding hydrogens is 367 g/mol. The van der Waals surface area contributed by atoms with Gasteiger partial charge >= 0.3 is 0 Å². The maximum Gasteiger partial charge on any atom is 0.231 e. The number of carbonyl (C=O) groups is 1. The van der Waals surface area contributed by atoms with Crippen molar-refractivity contribution in [3.8, 4) is 11.5 Å². The Balaban J connectivity index is 0.00000156. The van der Waals surface area contributed by atoms with Gasteiger partial charge < -0.3 is 20.5 Å². The van der Waals surface area contributed by atoms with Crippen molar-refractivity contribution >= 4 is 42.1 Å². The Hall–Kier alpha value is -2.12. The number of nitrogens with two attached hydrogens (primary N) is 1. The van der Waals surface area contributed by atoms with Gasteiger partial charge in [-0.1, -0.05) is 0 Å². The smallest absolute Gasteiger partial charge is 0.231 e. The van der Waals surface area contributed by atoms with Gasteiger partial charge in [0.05, 0.1) is 17.1 Å². The number of anilines is 2. The number of hydrogen-bond acceptors (Lipinski definition) is 5. The molecule has 25 heavy (non-hydrogen) atoms. The van der Waals surface area contributed by atoms with Crippen LogP contribution in [0.1, 0.15) is 23.4 Å². The Morgan fingerprint density at radius 1 is 1.28 bits per heavy atom. The van der Waals surface area contributed by atoms with E-state index in [0.717, 1.165) is 17.0 Å². The van der Waals surface area contributed by atoms with E-state index in [-0.39, 0.29) is 37.5 Å². The quantitative estimate of drug-likeness (QED) is 0.785. The lowest BCUT2D eigenvalue weighted by molar-refractivity contribution is -0.116. The number of hydrogen-bond donors (Lipinski definition) is 2. The van der Waals surface area contributed by atoms with Crippen LogP contribution in [0.2, 0.25) is 0 Å². The monoisotopic (exact) mass is 388 g/mol. The number of amides is 1. The van der Waals surface area contributed by atoms with Gasteiger partial charge in [-0.2, -0.15) is 5.10 Å². The Bertz CT molecular complexity index is 777. The Morgan fingerprint density at radius 3 is 2.52 bits per heavy atom. The summed E-state index contributed by atoms with van der Waals surface area (Å²) in [5.74, 6) is 1.09. The first-order valence-corrected chi connectivity index (χ1v) is 7.43. The number of benzene rings is 1. The number of ether oxygens (including phenoxy) is 2. The SMILES string of the molecule is Cc1nn(C)c(C)c1CCC(=O)Nc1cc2c(cc1N)OCO2.Cl.Cl. The van der Waals surface area contributed by atoms with E-state index < -0.39 is 0 Å². The third kappa shape index (κ3) is 4.29. The van der Waals surface area contributed by atoms with Crippen LogP contribution in [-0.2, 0) is 18.3 Å². The van der Waals surface area contributed by atoms with Gasteiger partial charge in [-0.25, -0.2) is 0 Å². The molecule has 3 rings (SSSR count). The lowest BCUT2D eigenvalue weighted by Gasteiger charge is -2.09. The normalized spacial score (nSPS) is 11.5. The topological polar surface area (TPSA) is 91.4 Å². The van der Waals surface area contributed by atoms with E-state index in [1.165, 1.54) is 0 Å². The highest BCUT2D eigenvalue weighted by atomic mass is 35.5. The van der Waals surface area contributed by atoms with Crippen LogP contribution in [0.3, 0.4) is 0 Å². The molecule has 2 aromatic rings. The highest BCUT2D eigenvalue weighted by molar-refractivity contribution is 5.94.